The molecule has 0 saturated carbocycles. The van der Waals surface area contributed by atoms with E-state index >= 15 is 0 Å². The molecule has 3 rings (SSSR count). The first-order valence-electron chi connectivity index (χ1n) is 9.21. The Labute approximate surface area is 164 Å². The Balaban J connectivity index is 2.01. The normalized spacial score (nSPS) is 11.5. The van der Waals surface area contributed by atoms with Crippen LogP contribution in [0.15, 0.2) is 48.5 Å². The van der Waals surface area contributed by atoms with Gasteiger partial charge in [0.1, 0.15) is 5.60 Å². The van der Waals surface area contributed by atoms with Crippen LogP contribution in [-0.4, -0.2) is 29.3 Å². The number of nitrogens with zero attached hydrogens (tertiary/aromatic N) is 1. The number of benzene rings is 2. The largest absolute Gasteiger partial charge is 0.465 e. The Morgan fingerprint density at radius 1 is 1.00 bits per heavy atom. The number of ether oxygens (including phenoxy) is 2. The molecule has 1 aromatic heterocycles. The standard InChI is InChI=1S/C23H25NO4/c1-15-19(14-16-10-12-17(13-11-16)21(25)27-5)18-8-6-7-9-20(18)24(15)22(26)28-23(2,3)4/h6-13H,14H2,1-5H3. The molecule has 0 unspecified atom stereocenters. The number of esters is 1. The lowest BCUT2D eigenvalue weighted by Crippen LogP contribution is -2.27. The van der Waals surface area contributed by atoms with Crippen LogP contribution < -0.4 is 0 Å². The van der Waals surface area contributed by atoms with E-state index in [0.29, 0.717) is 12.0 Å². The fraction of sp³-hybridized carbons (Fsp3) is 0.304. The van der Waals surface area contributed by atoms with E-state index in [-0.39, 0.29) is 12.1 Å². The number of carbonyl (C=O) groups is 2. The van der Waals surface area contributed by atoms with Gasteiger partial charge in [-0.25, -0.2) is 14.2 Å². The number of para-hydroxylation sites is 1. The molecule has 0 atom stereocenters. The van der Waals surface area contributed by atoms with Crippen molar-refractivity contribution in [2.75, 3.05) is 7.11 Å². The highest BCUT2D eigenvalue weighted by atomic mass is 16.6. The van der Waals surface area contributed by atoms with Crippen LogP contribution in [0, 0.1) is 6.92 Å². The zero-order valence-corrected chi connectivity index (χ0v) is 16.9. The summed E-state index contributed by atoms with van der Waals surface area (Å²) < 4.78 is 12.0. The van der Waals surface area contributed by atoms with Crippen LogP contribution >= 0.6 is 0 Å². The van der Waals surface area contributed by atoms with E-state index in [1.165, 1.54) is 7.11 Å². The zero-order chi connectivity index (χ0) is 20.5. The smallest absolute Gasteiger partial charge is 0.419 e. The Kier molecular flexibility index (Phi) is 5.27. The molecule has 0 saturated heterocycles. The summed E-state index contributed by atoms with van der Waals surface area (Å²) in [5, 5.41) is 1.02. The van der Waals surface area contributed by atoms with Crippen molar-refractivity contribution in [3.8, 4) is 0 Å². The third-order valence-electron chi connectivity index (χ3n) is 4.57. The van der Waals surface area contributed by atoms with Gasteiger partial charge >= 0.3 is 12.1 Å². The SMILES string of the molecule is COC(=O)c1ccc(Cc2c(C)n(C(=O)OC(C)(C)C)c3ccccc23)cc1. The summed E-state index contributed by atoms with van der Waals surface area (Å²) in [5.41, 5.74) is 3.73. The molecule has 0 aliphatic rings. The Hall–Kier alpha value is -3.08. The fourth-order valence-corrected chi connectivity index (χ4v) is 3.28. The van der Waals surface area contributed by atoms with Crippen molar-refractivity contribution in [3.05, 3.63) is 70.9 Å². The number of fused-ring (bicyclic) bond motifs is 1. The van der Waals surface area contributed by atoms with E-state index in [1.54, 1.807) is 16.7 Å². The summed E-state index contributed by atoms with van der Waals surface area (Å²) in [4.78, 5) is 24.4. The third-order valence-corrected chi connectivity index (χ3v) is 4.57. The van der Waals surface area contributed by atoms with Crippen LogP contribution in [-0.2, 0) is 15.9 Å². The Morgan fingerprint density at radius 2 is 1.64 bits per heavy atom. The Bertz CT molecular complexity index is 1020. The average Bonchev–Trinajstić information content (AvgIpc) is 2.92. The summed E-state index contributed by atoms with van der Waals surface area (Å²) in [6.07, 6.45) is 0.261. The van der Waals surface area contributed by atoms with Crippen molar-refractivity contribution in [2.24, 2.45) is 0 Å². The molecular weight excluding hydrogens is 354 g/mol. The number of carbonyl (C=O) groups excluding carboxylic acids is 2. The van der Waals surface area contributed by atoms with E-state index in [9.17, 15) is 9.59 Å². The predicted molar refractivity (Wildman–Crippen MR) is 109 cm³/mol. The monoisotopic (exact) mass is 379 g/mol. The summed E-state index contributed by atoms with van der Waals surface area (Å²) in [7, 11) is 1.37. The summed E-state index contributed by atoms with van der Waals surface area (Å²) in [5.74, 6) is -0.357. The summed E-state index contributed by atoms with van der Waals surface area (Å²) in [6.45, 7) is 7.50. The summed E-state index contributed by atoms with van der Waals surface area (Å²) in [6, 6.07) is 15.1. The van der Waals surface area contributed by atoms with Gasteiger partial charge in [-0.2, -0.15) is 0 Å². The molecule has 5 heteroatoms. The molecule has 3 aromatic rings. The van der Waals surface area contributed by atoms with Gasteiger partial charge in [-0.15, -0.1) is 0 Å². The van der Waals surface area contributed by atoms with Gasteiger partial charge in [-0.1, -0.05) is 30.3 Å². The summed E-state index contributed by atoms with van der Waals surface area (Å²) >= 11 is 0. The van der Waals surface area contributed by atoms with E-state index in [2.05, 4.69) is 0 Å². The van der Waals surface area contributed by atoms with E-state index in [1.807, 2.05) is 64.1 Å². The highest BCUT2D eigenvalue weighted by Crippen LogP contribution is 2.29. The number of hydrogen-bond donors (Lipinski definition) is 0. The molecule has 0 amide bonds. The highest BCUT2D eigenvalue weighted by Gasteiger charge is 2.23. The van der Waals surface area contributed by atoms with Gasteiger partial charge in [-0.3, -0.25) is 0 Å². The maximum absolute atomic E-state index is 12.8. The molecule has 28 heavy (non-hydrogen) atoms. The second-order valence-electron chi connectivity index (χ2n) is 7.76. The number of aromatic nitrogens is 1. The van der Waals surface area contributed by atoms with Crippen LogP contribution in [0.3, 0.4) is 0 Å². The van der Waals surface area contributed by atoms with Gasteiger partial charge in [0.15, 0.2) is 0 Å². The second-order valence-corrected chi connectivity index (χ2v) is 7.76. The van der Waals surface area contributed by atoms with Gasteiger partial charge < -0.3 is 9.47 Å². The van der Waals surface area contributed by atoms with Gasteiger partial charge in [-0.05, 0) is 63.4 Å². The van der Waals surface area contributed by atoms with E-state index in [4.69, 9.17) is 9.47 Å². The second kappa shape index (κ2) is 7.50. The van der Waals surface area contributed by atoms with Gasteiger partial charge in [0.05, 0.1) is 18.2 Å². The molecule has 0 aliphatic heterocycles. The molecule has 0 spiro atoms. The minimum atomic E-state index is -0.571. The molecule has 0 bridgehead atoms. The topological polar surface area (TPSA) is 57.5 Å². The van der Waals surface area contributed by atoms with Crippen LogP contribution in [0.1, 0.15) is 48.0 Å². The highest BCUT2D eigenvalue weighted by molar-refractivity contribution is 5.94. The van der Waals surface area contributed by atoms with Crippen molar-refractivity contribution in [1.29, 1.82) is 0 Å². The lowest BCUT2D eigenvalue weighted by Gasteiger charge is -2.20. The molecule has 0 N–H and O–H groups in total. The zero-order valence-electron chi connectivity index (χ0n) is 16.9. The molecule has 0 radical (unpaired) electrons. The average molecular weight is 379 g/mol. The maximum atomic E-state index is 12.8. The van der Waals surface area contributed by atoms with Crippen LogP contribution in [0.4, 0.5) is 4.79 Å². The lowest BCUT2D eigenvalue weighted by atomic mass is 10.0. The molecule has 5 nitrogen and oxygen atoms in total. The predicted octanol–water partition coefficient (Wildman–Crippen LogP) is 5.11. The third kappa shape index (κ3) is 3.93. The molecule has 146 valence electrons. The van der Waals surface area contributed by atoms with Crippen LogP contribution in [0.25, 0.3) is 10.9 Å². The minimum absolute atomic E-state index is 0.357. The van der Waals surface area contributed by atoms with Gasteiger partial charge in [0, 0.05) is 11.1 Å². The number of hydrogen-bond acceptors (Lipinski definition) is 4. The minimum Gasteiger partial charge on any atom is -0.465 e. The quantitative estimate of drug-likeness (QED) is 0.593. The number of rotatable bonds is 3. The molecule has 0 aliphatic carbocycles. The first-order valence-corrected chi connectivity index (χ1v) is 9.21. The molecule has 2 aromatic carbocycles. The van der Waals surface area contributed by atoms with E-state index < -0.39 is 5.60 Å². The van der Waals surface area contributed by atoms with Crippen molar-refractivity contribution < 1.29 is 19.1 Å². The van der Waals surface area contributed by atoms with Crippen LogP contribution in [0.2, 0.25) is 0 Å². The molecule has 1 heterocycles. The first-order chi connectivity index (χ1) is 13.2. The maximum Gasteiger partial charge on any atom is 0.419 e. The lowest BCUT2D eigenvalue weighted by molar-refractivity contribution is 0.0539. The Morgan fingerprint density at radius 3 is 2.25 bits per heavy atom. The van der Waals surface area contributed by atoms with E-state index in [0.717, 1.165) is 27.7 Å². The number of methoxy groups -OCH3 is 1. The molecular formula is C23H25NO4. The fourth-order valence-electron chi connectivity index (χ4n) is 3.28. The van der Waals surface area contributed by atoms with Crippen molar-refractivity contribution >= 4 is 23.0 Å². The van der Waals surface area contributed by atoms with Crippen molar-refractivity contribution in [1.82, 2.24) is 4.57 Å². The molecule has 0 fully saturated rings. The van der Waals surface area contributed by atoms with Crippen LogP contribution in [0.5, 0.6) is 0 Å². The van der Waals surface area contributed by atoms with Crippen molar-refractivity contribution in [2.45, 2.75) is 39.7 Å². The van der Waals surface area contributed by atoms with Gasteiger partial charge in [0.2, 0.25) is 0 Å². The van der Waals surface area contributed by atoms with Gasteiger partial charge in [0.25, 0.3) is 0 Å². The van der Waals surface area contributed by atoms with Crippen molar-refractivity contribution in [3.63, 3.8) is 0 Å². The first kappa shape index (κ1) is 19.7.